The third kappa shape index (κ3) is 1.79. The molecule has 2 rings (SSSR count). The van der Waals surface area contributed by atoms with Gasteiger partial charge < -0.3 is 4.74 Å². The Kier molecular flexibility index (Phi) is 2.90. The first kappa shape index (κ1) is 11.0. The molecule has 86 valence electrons. The fourth-order valence-corrected chi connectivity index (χ4v) is 1.76. The second-order valence-corrected chi connectivity index (χ2v) is 3.97. The molecular weight excluding hydrogens is 214 g/mol. The summed E-state index contributed by atoms with van der Waals surface area (Å²) >= 11 is 0. The van der Waals surface area contributed by atoms with E-state index in [9.17, 15) is 13.6 Å². The van der Waals surface area contributed by atoms with Crippen LogP contribution in [-0.4, -0.2) is 12.9 Å². The largest absolute Gasteiger partial charge is 0.494 e. The van der Waals surface area contributed by atoms with Gasteiger partial charge in [0.15, 0.2) is 17.3 Å². The predicted octanol–water partition coefficient (Wildman–Crippen LogP) is 2.96. The molecular formula is C12H12F2O2. The van der Waals surface area contributed by atoms with E-state index < -0.39 is 11.6 Å². The van der Waals surface area contributed by atoms with Crippen molar-refractivity contribution in [2.45, 2.75) is 19.3 Å². The maximum absolute atomic E-state index is 13.2. The number of benzene rings is 1. The second-order valence-electron chi connectivity index (χ2n) is 3.97. The van der Waals surface area contributed by atoms with Gasteiger partial charge in [0.25, 0.3) is 0 Å². The fourth-order valence-electron chi connectivity index (χ4n) is 1.76. The number of carbonyl (C=O) groups is 1. The van der Waals surface area contributed by atoms with Gasteiger partial charge in [0.2, 0.25) is 5.82 Å². The van der Waals surface area contributed by atoms with Crippen molar-refractivity contribution in [1.82, 2.24) is 0 Å². The Balaban J connectivity index is 2.33. The molecule has 1 fully saturated rings. The number of ether oxygens (including phenoxy) is 1. The Morgan fingerprint density at radius 2 is 2.06 bits per heavy atom. The predicted molar refractivity (Wildman–Crippen MR) is 54.6 cm³/mol. The van der Waals surface area contributed by atoms with E-state index >= 15 is 0 Å². The lowest BCUT2D eigenvalue weighted by Gasteiger charge is -2.23. The van der Waals surface area contributed by atoms with Crippen molar-refractivity contribution in [3.63, 3.8) is 0 Å². The van der Waals surface area contributed by atoms with Crippen molar-refractivity contribution >= 4 is 5.78 Å². The molecule has 0 unspecified atom stereocenters. The first-order valence-electron chi connectivity index (χ1n) is 5.20. The summed E-state index contributed by atoms with van der Waals surface area (Å²) in [4.78, 5) is 11.8. The van der Waals surface area contributed by atoms with Gasteiger partial charge in [-0.3, -0.25) is 4.79 Å². The molecule has 1 aromatic rings. The fraction of sp³-hybridized carbons (Fsp3) is 0.417. The third-order valence-electron chi connectivity index (χ3n) is 2.98. The van der Waals surface area contributed by atoms with Crippen molar-refractivity contribution in [3.8, 4) is 5.75 Å². The molecule has 0 spiro atoms. The zero-order valence-corrected chi connectivity index (χ0v) is 8.93. The average Bonchev–Trinajstić information content (AvgIpc) is 2.19. The molecule has 1 aliphatic carbocycles. The standard InChI is InChI=1S/C12H12F2O2/c1-16-10-6-8(5-9(13)11(10)14)12(15)7-3-2-4-7/h5-7H,2-4H2,1H3. The van der Waals surface area contributed by atoms with Gasteiger partial charge in [-0.25, -0.2) is 4.39 Å². The maximum atomic E-state index is 13.2. The summed E-state index contributed by atoms with van der Waals surface area (Å²) in [7, 11) is 1.25. The van der Waals surface area contributed by atoms with Gasteiger partial charge in [-0.15, -0.1) is 0 Å². The number of halogens is 2. The molecule has 0 N–H and O–H groups in total. The lowest BCUT2D eigenvalue weighted by molar-refractivity contribution is 0.0854. The van der Waals surface area contributed by atoms with Gasteiger partial charge in [-0.05, 0) is 25.0 Å². The van der Waals surface area contributed by atoms with Gasteiger partial charge in [0, 0.05) is 11.5 Å². The quantitative estimate of drug-likeness (QED) is 0.740. The molecule has 0 saturated heterocycles. The molecule has 0 atom stereocenters. The SMILES string of the molecule is COc1cc(C(=O)C2CCC2)cc(F)c1F. The molecule has 0 aromatic heterocycles. The molecule has 1 aromatic carbocycles. The highest BCUT2D eigenvalue weighted by Crippen LogP contribution is 2.31. The number of methoxy groups -OCH3 is 1. The highest BCUT2D eigenvalue weighted by Gasteiger charge is 2.27. The number of Topliss-reactive ketones (excluding diaryl/α,β-unsaturated/α-hetero) is 1. The maximum Gasteiger partial charge on any atom is 0.200 e. The van der Waals surface area contributed by atoms with Crippen LogP contribution in [0.2, 0.25) is 0 Å². The lowest BCUT2D eigenvalue weighted by atomic mass is 9.80. The van der Waals surface area contributed by atoms with Gasteiger partial charge in [-0.1, -0.05) is 6.42 Å². The van der Waals surface area contributed by atoms with Crippen LogP contribution in [0.1, 0.15) is 29.6 Å². The number of carbonyl (C=O) groups excluding carboxylic acids is 1. The van der Waals surface area contributed by atoms with Crippen molar-refractivity contribution in [3.05, 3.63) is 29.3 Å². The van der Waals surface area contributed by atoms with Gasteiger partial charge in [0.05, 0.1) is 7.11 Å². The zero-order chi connectivity index (χ0) is 11.7. The Bertz CT molecular complexity index is 425. The van der Waals surface area contributed by atoms with Gasteiger partial charge in [-0.2, -0.15) is 4.39 Å². The average molecular weight is 226 g/mol. The van der Waals surface area contributed by atoms with Crippen LogP contribution in [-0.2, 0) is 0 Å². The highest BCUT2D eigenvalue weighted by atomic mass is 19.2. The Morgan fingerprint density at radius 3 is 2.56 bits per heavy atom. The molecule has 1 saturated carbocycles. The molecule has 0 bridgehead atoms. The monoisotopic (exact) mass is 226 g/mol. The highest BCUT2D eigenvalue weighted by molar-refractivity contribution is 5.98. The van der Waals surface area contributed by atoms with Crippen molar-refractivity contribution < 1.29 is 18.3 Å². The number of rotatable bonds is 3. The molecule has 0 aliphatic heterocycles. The summed E-state index contributed by atoms with van der Waals surface area (Å²) in [6.07, 6.45) is 2.69. The van der Waals surface area contributed by atoms with Gasteiger partial charge in [0.1, 0.15) is 0 Å². The summed E-state index contributed by atoms with van der Waals surface area (Å²) in [5, 5.41) is 0. The van der Waals surface area contributed by atoms with Crippen LogP contribution in [0.3, 0.4) is 0 Å². The van der Waals surface area contributed by atoms with Crippen molar-refractivity contribution in [2.24, 2.45) is 5.92 Å². The summed E-state index contributed by atoms with van der Waals surface area (Å²) in [6, 6.07) is 2.21. The Morgan fingerprint density at radius 1 is 1.38 bits per heavy atom. The minimum atomic E-state index is -1.05. The van der Waals surface area contributed by atoms with Gasteiger partial charge >= 0.3 is 0 Å². The minimum absolute atomic E-state index is 0.0328. The van der Waals surface area contributed by atoms with E-state index in [1.165, 1.54) is 13.2 Å². The lowest BCUT2D eigenvalue weighted by Crippen LogP contribution is -2.22. The first-order chi connectivity index (χ1) is 7.63. The Labute approximate surface area is 92.2 Å². The molecule has 0 radical (unpaired) electrons. The summed E-state index contributed by atoms with van der Waals surface area (Å²) in [5.41, 5.74) is 0.195. The smallest absolute Gasteiger partial charge is 0.200 e. The van der Waals surface area contributed by atoms with E-state index in [2.05, 4.69) is 4.74 Å². The van der Waals surface area contributed by atoms with Crippen molar-refractivity contribution in [1.29, 1.82) is 0 Å². The van der Waals surface area contributed by atoms with E-state index in [1.807, 2.05) is 0 Å². The number of hydrogen-bond donors (Lipinski definition) is 0. The van der Waals surface area contributed by atoms with Crippen molar-refractivity contribution in [2.75, 3.05) is 7.11 Å². The molecule has 16 heavy (non-hydrogen) atoms. The summed E-state index contributed by atoms with van der Waals surface area (Å²) in [5.74, 6) is -2.46. The first-order valence-corrected chi connectivity index (χ1v) is 5.20. The molecule has 0 amide bonds. The van der Waals surface area contributed by atoms with E-state index in [-0.39, 0.29) is 23.0 Å². The molecule has 1 aliphatic rings. The normalized spacial score (nSPS) is 15.7. The molecule has 4 heteroatoms. The number of ketones is 1. The van der Waals surface area contributed by atoms with Crippen LogP contribution in [0.15, 0.2) is 12.1 Å². The van der Waals surface area contributed by atoms with Crippen LogP contribution in [0.25, 0.3) is 0 Å². The van der Waals surface area contributed by atoms with Crippen LogP contribution >= 0.6 is 0 Å². The second kappa shape index (κ2) is 4.20. The van der Waals surface area contributed by atoms with E-state index in [4.69, 9.17) is 0 Å². The van der Waals surface area contributed by atoms with Crippen LogP contribution in [0, 0.1) is 17.6 Å². The van der Waals surface area contributed by atoms with Crippen LogP contribution in [0.4, 0.5) is 8.78 Å². The molecule has 0 heterocycles. The van der Waals surface area contributed by atoms with E-state index in [1.54, 1.807) is 0 Å². The summed E-state index contributed by atoms with van der Waals surface area (Å²) < 4.78 is 31.0. The zero-order valence-electron chi connectivity index (χ0n) is 8.93. The van der Waals surface area contributed by atoms with Crippen LogP contribution in [0.5, 0.6) is 5.75 Å². The minimum Gasteiger partial charge on any atom is -0.494 e. The third-order valence-corrected chi connectivity index (χ3v) is 2.98. The Hall–Kier alpha value is -1.45. The number of hydrogen-bond acceptors (Lipinski definition) is 2. The summed E-state index contributed by atoms with van der Waals surface area (Å²) in [6.45, 7) is 0. The van der Waals surface area contributed by atoms with E-state index in [0.29, 0.717) is 0 Å². The van der Waals surface area contributed by atoms with Crippen LogP contribution < -0.4 is 4.74 Å². The topological polar surface area (TPSA) is 26.3 Å². The molecule has 2 nitrogen and oxygen atoms in total. The van der Waals surface area contributed by atoms with E-state index in [0.717, 1.165) is 25.3 Å².